The smallest absolute Gasteiger partial charge is 0.261 e. The van der Waals surface area contributed by atoms with Crippen molar-refractivity contribution in [3.05, 3.63) is 58.1 Å². The number of rotatable bonds is 0. The molecule has 2 aromatic rings. The van der Waals surface area contributed by atoms with Crippen molar-refractivity contribution in [3.8, 4) is 5.75 Å². The van der Waals surface area contributed by atoms with E-state index in [-0.39, 0.29) is 29.6 Å². The molecular formula is C32H39ClN2O4S. The summed E-state index contributed by atoms with van der Waals surface area (Å²) >= 11 is 7.85. The van der Waals surface area contributed by atoms with E-state index in [0.29, 0.717) is 30.6 Å². The Morgan fingerprint density at radius 3 is 2.95 bits per heavy atom. The van der Waals surface area contributed by atoms with E-state index in [4.69, 9.17) is 25.8 Å². The van der Waals surface area contributed by atoms with Crippen LogP contribution in [0.5, 0.6) is 5.75 Å². The lowest BCUT2D eigenvalue weighted by molar-refractivity contribution is -0.146. The Hall–Kier alpha value is -1.93. The molecule has 40 heavy (non-hydrogen) atoms. The number of fused-ring (bicyclic) bond motifs is 7. The van der Waals surface area contributed by atoms with Gasteiger partial charge in [-0.25, -0.2) is 0 Å². The van der Waals surface area contributed by atoms with Gasteiger partial charge in [-0.3, -0.25) is 9.52 Å². The van der Waals surface area contributed by atoms with Gasteiger partial charge in [-0.05, 0) is 111 Å². The summed E-state index contributed by atoms with van der Waals surface area (Å²) in [6.45, 7) is 5.24. The van der Waals surface area contributed by atoms with Gasteiger partial charge in [-0.15, -0.1) is 0 Å². The number of anilines is 1. The Kier molecular flexibility index (Phi) is 7.44. The van der Waals surface area contributed by atoms with Gasteiger partial charge in [-0.1, -0.05) is 17.7 Å². The third kappa shape index (κ3) is 5.12. The predicted molar refractivity (Wildman–Crippen MR) is 160 cm³/mol. The maximum atomic E-state index is 13.2. The van der Waals surface area contributed by atoms with Crippen LogP contribution in [0.4, 0.5) is 5.69 Å². The van der Waals surface area contributed by atoms with Crippen molar-refractivity contribution < 1.29 is 19.0 Å². The van der Waals surface area contributed by atoms with E-state index in [9.17, 15) is 4.79 Å². The van der Waals surface area contributed by atoms with Crippen LogP contribution >= 0.6 is 23.5 Å². The first kappa shape index (κ1) is 26.9. The molecule has 7 rings (SSSR count). The highest BCUT2D eigenvalue weighted by Gasteiger charge is 2.46. The molecule has 4 bridgehead atoms. The number of carbonyl (C=O) groups is 1. The molecule has 1 amide bonds. The highest BCUT2D eigenvalue weighted by Crippen LogP contribution is 2.48. The number of carbonyl (C=O) groups excluding carboxylic acids is 1. The molecule has 6 atom stereocenters. The lowest BCUT2D eigenvalue weighted by Gasteiger charge is -2.48. The van der Waals surface area contributed by atoms with Crippen LogP contribution in [0.25, 0.3) is 0 Å². The van der Waals surface area contributed by atoms with Crippen molar-refractivity contribution in [2.75, 3.05) is 37.0 Å². The van der Waals surface area contributed by atoms with Gasteiger partial charge in [-0.2, -0.15) is 0 Å². The average molecular weight is 583 g/mol. The molecule has 214 valence electrons. The van der Waals surface area contributed by atoms with E-state index in [1.807, 2.05) is 24.3 Å². The summed E-state index contributed by atoms with van der Waals surface area (Å²) in [5, 5.41) is 0.800. The maximum absolute atomic E-state index is 13.2. The molecule has 5 aliphatic rings. The van der Waals surface area contributed by atoms with E-state index < -0.39 is 0 Å². The fraction of sp³-hybridized carbons (Fsp3) is 0.594. The Morgan fingerprint density at radius 1 is 1.15 bits per heavy atom. The highest BCUT2D eigenvalue weighted by atomic mass is 35.5. The van der Waals surface area contributed by atoms with Gasteiger partial charge in [0.1, 0.15) is 5.75 Å². The van der Waals surface area contributed by atoms with Crippen molar-refractivity contribution in [2.45, 2.75) is 75.6 Å². The van der Waals surface area contributed by atoms with Crippen LogP contribution in [-0.2, 0) is 21.3 Å². The normalized spacial score (nSPS) is 34.0. The molecule has 3 heterocycles. The molecular weight excluding hydrogens is 544 g/mol. The molecule has 0 aromatic heterocycles. The Labute approximate surface area is 246 Å². The van der Waals surface area contributed by atoms with Gasteiger partial charge in [0.15, 0.2) is 0 Å². The zero-order valence-electron chi connectivity index (χ0n) is 23.2. The molecule has 1 saturated heterocycles. The van der Waals surface area contributed by atoms with Crippen molar-refractivity contribution in [1.29, 1.82) is 0 Å². The molecule has 1 saturated carbocycles. The maximum Gasteiger partial charge on any atom is 0.261 e. The van der Waals surface area contributed by atoms with Crippen molar-refractivity contribution >= 4 is 35.1 Å². The quantitative estimate of drug-likeness (QED) is 0.374. The van der Waals surface area contributed by atoms with Crippen LogP contribution in [0.3, 0.4) is 0 Å². The number of hydrogen-bond acceptors (Lipinski definition) is 6. The number of nitrogens with zero attached hydrogens (tertiary/aromatic N) is 1. The molecule has 0 unspecified atom stereocenters. The Balaban J connectivity index is 1.26. The molecule has 2 aliphatic carbocycles. The number of amides is 1. The second kappa shape index (κ2) is 11.0. The van der Waals surface area contributed by atoms with Crippen LogP contribution in [0.15, 0.2) is 36.4 Å². The van der Waals surface area contributed by atoms with Gasteiger partial charge < -0.3 is 19.1 Å². The van der Waals surface area contributed by atoms with Crippen LogP contribution in [0.2, 0.25) is 5.02 Å². The minimum atomic E-state index is -0.121. The van der Waals surface area contributed by atoms with E-state index in [1.165, 1.54) is 35.9 Å². The Morgan fingerprint density at radius 2 is 2.08 bits per heavy atom. The Bertz CT molecular complexity index is 1280. The summed E-state index contributed by atoms with van der Waals surface area (Å²) in [7, 11) is 0. The number of nitrogens with one attached hydrogen (secondary N) is 1. The molecule has 0 radical (unpaired) electrons. The van der Waals surface area contributed by atoms with Crippen LogP contribution in [0.1, 0.15) is 66.9 Å². The first-order valence-corrected chi connectivity index (χ1v) is 16.3. The number of aryl methyl sites for hydroxylation is 1. The summed E-state index contributed by atoms with van der Waals surface area (Å²) in [6, 6.07) is 12.3. The van der Waals surface area contributed by atoms with E-state index >= 15 is 0 Å². The third-order valence-corrected chi connectivity index (χ3v) is 10.8. The molecule has 1 N–H and O–H groups in total. The first-order chi connectivity index (χ1) is 19.5. The summed E-state index contributed by atoms with van der Waals surface area (Å²) < 4.78 is 22.5. The zero-order chi connectivity index (χ0) is 27.3. The zero-order valence-corrected chi connectivity index (χ0v) is 24.8. The third-order valence-electron chi connectivity index (χ3n) is 9.91. The molecule has 2 aromatic carbocycles. The first-order valence-electron chi connectivity index (χ1n) is 15.0. The van der Waals surface area contributed by atoms with Gasteiger partial charge in [0, 0.05) is 41.3 Å². The summed E-state index contributed by atoms with van der Waals surface area (Å²) in [4.78, 5) is 15.7. The van der Waals surface area contributed by atoms with E-state index in [1.54, 1.807) is 0 Å². The fourth-order valence-electron chi connectivity index (χ4n) is 7.83. The molecule has 1 spiro atoms. The number of benzene rings is 2. The largest absolute Gasteiger partial charge is 0.490 e. The number of ether oxygens (including phenoxy) is 3. The standard InChI is InChI=1S/C32H39ClN2O4S/c1-20-13-25-16-30(39-20)26-7-4-23(26)17-35-18-32(10-2-3-21-14-24(33)6-8-27(21)32)19-38-29-9-5-22(15-28(29)35)31(36)34-40-12-11-37-25/h5-6,8-9,14-15,20,23,25-26,30H,2-4,7,10-13,16-19H2,1H3,(H,34,36)/t20-,23-,25-,26+,30-,32-/m0/s1. The van der Waals surface area contributed by atoms with E-state index in [2.05, 4.69) is 28.7 Å². The lowest BCUT2D eigenvalue weighted by Crippen LogP contribution is -2.51. The summed E-state index contributed by atoms with van der Waals surface area (Å²) in [5.74, 6) is 2.59. The molecule has 3 aliphatic heterocycles. The van der Waals surface area contributed by atoms with E-state index in [0.717, 1.165) is 67.4 Å². The van der Waals surface area contributed by atoms with Crippen LogP contribution in [0, 0.1) is 11.8 Å². The van der Waals surface area contributed by atoms with Crippen molar-refractivity contribution in [1.82, 2.24) is 4.72 Å². The minimum absolute atomic E-state index is 0.0715. The van der Waals surface area contributed by atoms with Crippen molar-refractivity contribution in [2.24, 2.45) is 11.8 Å². The topological polar surface area (TPSA) is 60.0 Å². The predicted octanol–water partition coefficient (Wildman–Crippen LogP) is 6.18. The SMILES string of the molecule is C[C@H]1C[C@H]2C[C@H](O1)[C@@H]1CC[C@H]1CN1C[C@@]3(CCCc4cc(Cl)ccc43)COc3ccc(cc31)C(=O)NSCCO2. The lowest BCUT2D eigenvalue weighted by atomic mass is 9.67. The van der Waals surface area contributed by atoms with Gasteiger partial charge in [0.25, 0.3) is 5.91 Å². The second-order valence-electron chi connectivity index (χ2n) is 12.5. The van der Waals surface area contributed by atoms with Crippen LogP contribution < -0.4 is 14.4 Å². The monoisotopic (exact) mass is 582 g/mol. The van der Waals surface area contributed by atoms with Gasteiger partial charge in [0.05, 0.1) is 37.2 Å². The highest BCUT2D eigenvalue weighted by molar-refractivity contribution is 7.97. The molecule has 8 heteroatoms. The second-order valence-corrected chi connectivity index (χ2v) is 13.9. The molecule has 2 fully saturated rings. The number of halogens is 1. The van der Waals surface area contributed by atoms with Crippen LogP contribution in [-0.4, -0.2) is 56.3 Å². The van der Waals surface area contributed by atoms with Gasteiger partial charge >= 0.3 is 0 Å². The molecule has 6 nitrogen and oxygen atoms in total. The average Bonchev–Trinajstić information content (AvgIpc) is 3.07. The summed E-state index contributed by atoms with van der Waals surface area (Å²) in [5.41, 5.74) is 4.29. The van der Waals surface area contributed by atoms with Gasteiger partial charge in [0.2, 0.25) is 0 Å². The number of hydrogen-bond donors (Lipinski definition) is 1. The van der Waals surface area contributed by atoms with Crippen molar-refractivity contribution in [3.63, 3.8) is 0 Å². The minimum Gasteiger partial charge on any atom is -0.490 e. The summed E-state index contributed by atoms with van der Waals surface area (Å²) in [6.07, 6.45) is 8.23. The fourth-order valence-corrected chi connectivity index (χ4v) is 8.55.